The molecule has 6 aromatic carbocycles. The Bertz CT molecular complexity index is 2300. The van der Waals surface area contributed by atoms with E-state index in [1.807, 2.05) is 0 Å². The van der Waals surface area contributed by atoms with E-state index in [1.165, 1.54) is 66.7 Å². The van der Waals surface area contributed by atoms with Gasteiger partial charge in [0.25, 0.3) is 0 Å². The van der Waals surface area contributed by atoms with E-state index < -0.39 is 0 Å². The van der Waals surface area contributed by atoms with Crippen LogP contribution in [0.25, 0.3) is 44.2 Å². The molecule has 0 saturated carbocycles. The largest absolute Gasteiger partial charge is 0.311 e. The highest BCUT2D eigenvalue weighted by molar-refractivity contribution is 6.09. The van der Waals surface area contributed by atoms with E-state index in [9.17, 15) is 0 Å². The highest BCUT2D eigenvalue weighted by Crippen LogP contribution is 2.46. The number of rotatable bonds is 6. The number of anilines is 2. The molecule has 1 heterocycles. The number of aromatic nitrogens is 1. The van der Waals surface area contributed by atoms with Gasteiger partial charge in [0, 0.05) is 45.4 Å². The first-order valence-corrected chi connectivity index (χ1v) is 16.4. The second-order valence-electron chi connectivity index (χ2n) is 12.7. The van der Waals surface area contributed by atoms with Crippen molar-refractivity contribution < 1.29 is 0 Å². The molecule has 0 amide bonds. The summed E-state index contributed by atoms with van der Waals surface area (Å²) in [7, 11) is 0. The normalized spacial score (nSPS) is 16.8. The predicted molar refractivity (Wildman–Crippen MR) is 198 cm³/mol. The lowest BCUT2D eigenvalue weighted by atomic mass is 9.69. The highest BCUT2D eigenvalue weighted by atomic mass is 15.1. The summed E-state index contributed by atoms with van der Waals surface area (Å²) in [6.07, 6.45) is 9.55. The average molecular weight is 603 g/mol. The molecule has 7 aromatic rings. The van der Waals surface area contributed by atoms with Gasteiger partial charge in [0.1, 0.15) is 0 Å². The Balaban J connectivity index is 1.04. The van der Waals surface area contributed by atoms with E-state index in [2.05, 4.69) is 192 Å². The molecular weight excluding hydrogens is 569 g/mol. The van der Waals surface area contributed by atoms with Gasteiger partial charge in [0.05, 0.1) is 11.0 Å². The smallest absolute Gasteiger partial charge is 0.0541 e. The quantitative estimate of drug-likeness (QED) is 0.184. The maximum atomic E-state index is 2.43. The number of benzene rings is 6. The minimum atomic E-state index is 0.407. The fraction of sp³-hybridized carbons (Fsp3) is 0.0667. The van der Waals surface area contributed by atoms with Gasteiger partial charge < -0.3 is 9.47 Å². The topological polar surface area (TPSA) is 8.17 Å². The number of allylic oxidation sites excluding steroid dienone is 5. The van der Waals surface area contributed by atoms with Crippen molar-refractivity contribution in [2.75, 3.05) is 4.90 Å². The van der Waals surface area contributed by atoms with E-state index >= 15 is 0 Å². The first kappa shape index (κ1) is 27.5. The van der Waals surface area contributed by atoms with Crippen molar-refractivity contribution in [2.24, 2.45) is 11.8 Å². The Hall–Kier alpha value is -5.86. The number of fused-ring (bicyclic) bond motifs is 4. The van der Waals surface area contributed by atoms with Gasteiger partial charge in [0.2, 0.25) is 0 Å². The van der Waals surface area contributed by atoms with Crippen molar-refractivity contribution in [1.82, 2.24) is 4.57 Å². The minimum absolute atomic E-state index is 0.407. The zero-order valence-corrected chi connectivity index (χ0v) is 26.3. The Labute approximate surface area is 275 Å². The number of nitrogens with zero attached hydrogens (tertiary/aromatic N) is 2. The van der Waals surface area contributed by atoms with Crippen molar-refractivity contribution in [3.63, 3.8) is 0 Å². The molecule has 2 aliphatic rings. The molecule has 9 rings (SSSR count). The lowest BCUT2D eigenvalue weighted by molar-refractivity contribution is 0.621. The standard InChI is InChI=1S/C45H34N2/c1-31-10-9-13-38(28-31)46(39-26-27-40-35(29-39)30-43(40)34-11-3-2-4-12-34)36-22-18-32(19-23-36)33-20-24-37(25-21-33)47-44-16-7-5-14-41(44)42-15-6-8-17-45(42)47/h2-30,35,40H,1H3/t35-,40?/m1/s1. The van der Waals surface area contributed by atoms with Crippen LogP contribution in [0.1, 0.15) is 11.1 Å². The van der Waals surface area contributed by atoms with E-state index in [0.29, 0.717) is 11.8 Å². The van der Waals surface area contributed by atoms with Gasteiger partial charge in [-0.25, -0.2) is 0 Å². The van der Waals surface area contributed by atoms with Gasteiger partial charge in [-0.05, 0) is 89.4 Å². The number of para-hydroxylation sites is 2. The molecule has 1 aromatic heterocycles. The van der Waals surface area contributed by atoms with E-state index in [4.69, 9.17) is 0 Å². The van der Waals surface area contributed by atoms with Crippen molar-refractivity contribution in [3.8, 4) is 16.8 Å². The molecule has 2 aliphatic carbocycles. The van der Waals surface area contributed by atoms with E-state index in [0.717, 1.165) is 5.69 Å². The van der Waals surface area contributed by atoms with E-state index in [1.54, 1.807) is 0 Å². The molecule has 2 nitrogen and oxygen atoms in total. The number of aryl methyl sites for hydroxylation is 1. The Morgan fingerprint density at radius 1 is 0.532 bits per heavy atom. The Morgan fingerprint density at radius 2 is 1.17 bits per heavy atom. The van der Waals surface area contributed by atoms with E-state index in [-0.39, 0.29) is 0 Å². The Morgan fingerprint density at radius 3 is 1.83 bits per heavy atom. The lowest BCUT2D eigenvalue weighted by Gasteiger charge is -2.38. The predicted octanol–water partition coefficient (Wildman–Crippen LogP) is 11.7. The average Bonchev–Trinajstić information content (AvgIpc) is 3.45. The summed E-state index contributed by atoms with van der Waals surface area (Å²) in [5.41, 5.74) is 13.6. The molecule has 0 radical (unpaired) electrons. The van der Waals surface area contributed by atoms with Crippen molar-refractivity contribution in [3.05, 3.63) is 193 Å². The minimum Gasteiger partial charge on any atom is -0.311 e. The molecule has 1 unspecified atom stereocenters. The zero-order chi connectivity index (χ0) is 31.3. The molecule has 0 spiro atoms. The molecule has 0 saturated heterocycles. The molecule has 224 valence electrons. The van der Waals surface area contributed by atoms with Crippen LogP contribution in [0.15, 0.2) is 182 Å². The first-order chi connectivity index (χ1) is 23.2. The summed E-state index contributed by atoms with van der Waals surface area (Å²) in [6, 6.07) is 54.9. The molecule has 0 aliphatic heterocycles. The van der Waals surface area contributed by atoms with Crippen LogP contribution in [-0.2, 0) is 0 Å². The Kier molecular flexibility index (Phi) is 6.53. The van der Waals surface area contributed by atoms with Crippen LogP contribution >= 0.6 is 0 Å². The lowest BCUT2D eigenvalue weighted by Crippen LogP contribution is -2.26. The molecule has 0 bridgehead atoms. The van der Waals surface area contributed by atoms with Crippen LogP contribution in [0.2, 0.25) is 0 Å². The second-order valence-corrected chi connectivity index (χ2v) is 12.7. The van der Waals surface area contributed by atoms with Gasteiger partial charge in [-0.1, -0.05) is 121 Å². The van der Waals surface area contributed by atoms with Crippen LogP contribution < -0.4 is 4.90 Å². The summed E-state index contributed by atoms with van der Waals surface area (Å²) in [5, 5.41) is 2.56. The molecular formula is C45H34N2. The van der Waals surface area contributed by atoms with Crippen molar-refractivity contribution in [1.29, 1.82) is 0 Å². The summed E-state index contributed by atoms with van der Waals surface area (Å²) in [6.45, 7) is 2.16. The summed E-state index contributed by atoms with van der Waals surface area (Å²) in [4.78, 5) is 2.39. The maximum absolute atomic E-state index is 2.43. The van der Waals surface area contributed by atoms with Crippen LogP contribution in [0.4, 0.5) is 11.4 Å². The molecule has 47 heavy (non-hydrogen) atoms. The summed E-state index contributed by atoms with van der Waals surface area (Å²) >= 11 is 0. The molecule has 0 fully saturated rings. The third-order valence-electron chi connectivity index (χ3n) is 9.77. The SMILES string of the molecule is Cc1cccc(N(C2=C[C@@H]3C=C(c4ccccc4)C3C=C2)c2ccc(-c3ccc(-n4c5ccccc5c5ccccc54)cc3)cc2)c1. The first-order valence-electron chi connectivity index (χ1n) is 16.4. The van der Waals surface area contributed by atoms with Gasteiger partial charge in [-0.3, -0.25) is 0 Å². The highest BCUT2D eigenvalue weighted by Gasteiger charge is 2.33. The monoisotopic (exact) mass is 602 g/mol. The fourth-order valence-corrected chi connectivity index (χ4v) is 7.44. The molecule has 2 atom stereocenters. The van der Waals surface area contributed by atoms with Gasteiger partial charge >= 0.3 is 0 Å². The van der Waals surface area contributed by atoms with Gasteiger partial charge in [-0.2, -0.15) is 0 Å². The maximum Gasteiger partial charge on any atom is 0.0541 e. The zero-order valence-electron chi connectivity index (χ0n) is 26.3. The fourth-order valence-electron chi connectivity index (χ4n) is 7.44. The van der Waals surface area contributed by atoms with Gasteiger partial charge in [-0.15, -0.1) is 0 Å². The van der Waals surface area contributed by atoms with Crippen LogP contribution in [0, 0.1) is 18.8 Å². The third-order valence-corrected chi connectivity index (χ3v) is 9.77. The molecule has 0 N–H and O–H groups in total. The number of hydrogen-bond acceptors (Lipinski definition) is 1. The number of hydrogen-bond donors (Lipinski definition) is 0. The van der Waals surface area contributed by atoms with Crippen LogP contribution in [0.5, 0.6) is 0 Å². The van der Waals surface area contributed by atoms with Crippen molar-refractivity contribution >= 4 is 38.8 Å². The second kappa shape index (κ2) is 11.2. The van der Waals surface area contributed by atoms with Gasteiger partial charge in [0.15, 0.2) is 0 Å². The van der Waals surface area contributed by atoms with Crippen molar-refractivity contribution in [2.45, 2.75) is 6.92 Å². The third kappa shape index (κ3) is 4.73. The molecule has 2 heteroatoms. The van der Waals surface area contributed by atoms with Crippen LogP contribution in [0.3, 0.4) is 0 Å². The summed E-state index contributed by atoms with van der Waals surface area (Å²) < 4.78 is 2.37. The summed E-state index contributed by atoms with van der Waals surface area (Å²) in [5.74, 6) is 0.846. The van der Waals surface area contributed by atoms with Crippen LogP contribution in [-0.4, -0.2) is 4.57 Å².